The van der Waals surface area contributed by atoms with Crippen LogP contribution in [0.4, 0.5) is 11.9 Å². The van der Waals surface area contributed by atoms with Gasteiger partial charge in [-0.25, -0.2) is 19.9 Å². The third-order valence-electron chi connectivity index (χ3n) is 5.61. The number of hydrogen-bond acceptors (Lipinski definition) is 9. The highest BCUT2D eigenvalue weighted by Gasteiger charge is 2.23. The van der Waals surface area contributed by atoms with Crippen molar-refractivity contribution in [3.8, 4) is 33.2 Å². The molecule has 32 heavy (non-hydrogen) atoms. The summed E-state index contributed by atoms with van der Waals surface area (Å²) in [4.78, 5) is 24.0. The van der Waals surface area contributed by atoms with E-state index in [0.29, 0.717) is 0 Å². The van der Waals surface area contributed by atoms with Crippen molar-refractivity contribution in [3.05, 3.63) is 60.4 Å². The molecular formula is C23H20N6O2S. The Hall–Kier alpha value is -3.72. The van der Waals surface area contributed by atoms with E-state index in [2.05, 4.69) is 31.2 Å². The number of benzene rings is 1. The lowest BCUT2D eigenvalue weighted by Crippen LogP contribution is -2.47. The normalized spacial score (nSPS) is 15.2. The van der Waals surface area contributed by atoms with Crippen molar-refractivity contribution in [3.63, 3.8) is 0 Å². The second kappa shape index (κ2) is 8.08. The first-order valence-corrected chi connectivity index (χ1v) is 11.3. The van der Waals surface area contributed by atoms with Crippen LogP contribution in [-0.2, 0) is 0 Å². The van der Waals surface area contributed by atoms with Crippen molar-refractivity contribution >= 4 is 23.2 Å². The average Bonchev–Trinajstić information content (AvgIpc) is 3.56. The van der Waals surface area contributed by atoms with Crippen LogP contribution in [0.5, 0.6) is 11.5 Å². The van der Waals surface area contributed by atoms with Gasteiger partial charge in [-0.1, -0.05) is 12.1 Å². The molecule has 2 aliphatic heterocycles. The number of fused-ring (bicyclic) bond motifs is 1. The fourth-order valence-electron chi connectivity index (χ4n) is 3.96. The molecule has 2 aliphatic rings. The van der Waals surface area contributed by atoms with Crippen LogP contribution in [0.2, 0.25) is 0 Å². The van der Waals surface area contributed by atoms with Crippen LogP contribution in [-0.4, -0.2) is 52.9 Å². The maximum absolute atomic E-state index is 5.57. The molecule has 0 bridgehead atoms. The third-order valence-corrected chi connectivity index (χ3v) is 6.49. The molecule has 0 amide bonds. The van der Waals surface area contributed by atoms with E-state index in [9.17, 15) is 0 Å². The lowest BCUT2D eigenvalue weighted by atomic mass is 10.0. The van der Waals surface area contributed by atoms with Crippen molar-refractivity contribution in [2.24, 2.45) is 0 Å². The molecule has 0 atom stereocenters. The second-order valence-corrected chi connectivity index (χ2v) is 8.45. The van der Waals surface area contributed by atoms with E-state index in [1.807, 2.05) is 36.5 Å². The zero-order valence-electron chi connectivity index (χ0n) is 17.2. The van der Waals surface area contributed by atoms with Crippen LogP contribution in [0.25, 0.3) is 21.7 Å². The summed E-state index contributed by atoms with van der Waals surface area (Å²) in [6.07, 6.45) is 5.47. The van der Waals surface area contributed by atoms with E-state index in [4.69, 9.17) is 19.4 Å². The average molecular weight is 445 g/mol. The SMILES string of the molecule is c1cnc(N2CCN(c3ncc(-c4ccc5c(c4)OCO5)c(-c4cccs4)n3)CC2)nc1. The molecule has 6 rings (SSSR count). The standard InChI is InChI=1S/C23H20N6O2S/c1-3-20(32-12-1)21-17(16-4-5-18-19(13-16)31-15-30-18)14-26-23(27-21)29-10-8-28(9-11-29)22-24-6-2-7-25-22/h1-7,12-14H,8-11,15H2. The largest absolute Gasteiger partial charge is 0.454 e. The summed E-state index contributed by atoms with van der Waals surface area (Å²) in [6.45, 7) is 3.53. The lowest BCUT2D eigenvalue weighted by Gasteiger charge is -2.34. The van der Waals surface area contributed by atoms with Crippen LogP contribution < -0.4 is 19.3 Å². The number of ether oxygens (including phenoxy) is 2. The molecule has 1 fully saturated rings. The van der Waals surface area contributed by atoms with Gasteiger partial charge in [-0.05, 0) is 35.2 Å². The molecule has 0 spiro atoms. The molecule has 0 N–H and O–H groups in total. The predicted octanol–water partition coefficient (Wildman–Crippen LogP) is 3.72. The maximum Gasteiger partial charge on any atom is 0.231 e. The Bertz CT molecular complexity index is 1230. The zero-order valence-corrected chi connectivity index (χ0v) is 18.0. The Labute approximate surface area is 189 Å². The second-order valence-electron chi connectivity index (χ2n) is 7.50. The topological polar surface area (TPSA) is 76.5 Å². The molecular weight excluding hydrogens is 424 g/mol. The van der Waals surface area contributed by atoms with Crippen molar-refractivity contribution in [1.29, 1.82) is 0 Å². The van der Waals surface area contributed by atoms with Crippen molar-refractivity contribution in [2.45, 2.75) is 0 Å². The highest BCUT2D eigenvalue weighted by atomic mass is 32.1. The molecule has 1 aromatic carbocycles. The first kappa shape index (κ1) is 19.0. The zero-order chi connectivity index (χ0) is 21.3. The Morgan fingerprint density at radius 2 is 1.59 bits per heavy atom. The summed E-state index contributed by atoms with van der Waals surface area (Å²) in [5.41, 5.74) is 2.92. The van der Waals surface area contributed by atoms with Gasteiger partial charge in [-0.3, -0.25) is 0 Å². The molecule has 0 saturated carbocycles. The van der Waals surface area contributed by atoms with Gasteiger partial charge in [0, 0.05) is 50.3 Å². The summed E-state index contributed by atoms with van der Waals surface area (Å²) in [7, 11) is 0. The van der Waals surface area contributed by atoms with Crippen LogP contribution in [0.3, 0.4) is 0 Å². The molecule has 5 heterocycles. The van der Waals surface area contributed by atoms with Crippen molar-refractivity contribution < 1.29 is 9.47 Å². The van der Waals surface area contributed by atoms with Gasteiger partial charge in [0.15, 0.2) is 11.5 Å². The number of piperazine rings is 1. The summed E-state index contributed by atoms with van der Waals surface area (Å²) < 4.78 is 11.0. The number of hydrogen-bond donors (Lipinski definition) is 0. The van der Waals surface area contributed by atoms with Crippen LogP contribution in [0, 0.1) is 0 Å². The van der Waals surface area contributed by atoms with Gasteiger partial charge in [0.1, 0.15) is 0 Å². The molecule has 3 aromatic heterocycles. The summed E-state index contributed by atoms with van der Waals surface area (Å²) in [6, 6.07) is 11.9. The highest BCUT2D eigenvalue weighted by molar-refractivity contribution is 7.13. The van der Waals surface area contributed by atoms with Gasteiger partial charge in [0.2, 0.25) is 18.7 Å². The summed E-state index contributed by atoms with van der Waals surface area (Å²) in [5.74, 6) is 3.03. The Balaban J connectivity index is 1.30. The molecule has 160 valence electrons. The van der Waals surface area contributed by atoms with Gasteiger partial charge in [0.25, 0.3) is 0 Å². The molecule has 0 radical (unpaired) electrons. The van der Waals surface area contributed by atoms with Crippen LogP contribution in [0.1, 0.15) is 0 Å². The van der Waals surface area contributed by atoms with Crippen LogP contribution in [0.15, 0.2) is 60.4 Å². The number of anilines is 2. The minimum Gasteiger partial charge on any atom is -0.454 e. The monoisotopic (exact) mass is 444 g/mol. The molecule has 0 aliphatic carbocycles. The van der Waals surface area contributed by atoms with E-state index >= 15 is 0 Å². The number of rotatable bonds is 4. The quantitative estimate of drug-likeness (QED) is 0.471. The van der Waals surface area contributed by atoms with E-state index in [0.717, 1.165) is 71.3 Å². The van der Waals surface area contributed by atoms with E-state index in [1.54, 1.807) is 23.7 Å². The predicted molar refractivity (Wildman–Crippen MR) is 123 cm³/mol. The number of nitrogens with zero attached hydrogens (tertiary/aromatic N) is 6. The molecule has 1 saturated heterocycles. The van der Waals surface area contributed by atoms with Crippen LogP contribution >= 0.6 is 11.3 Å². The van der Waals surface area contributed by atoms with Crippen molar-refractivity contribution in [1.82, 2.24) is 19.9 Å². The van der Waals surface area contributed by atoms with Gasteiger partial charge in [0.05, 0.1) is 10.6 Å². The van der Waals surface area contributed by atoms with Crippen molar-refractivity contribution in [2.75, 3.05) is 42.8 Å². The maximum atomic E-state index is 5.57. The van der Waals surface area contributed by atoms with Gasteiger partial charge < -0.3 is 19.3 Å². The first-order valence-electron chi connectivity index (χ1n) is 10.4. The molecule has 9 heteroatoms. The minimum absolute atomic E-state index is 0.256. The van der Waals surface area contributed by atoms with Gasteiger partial charge >= 0.3 is 0 Å². The number of thiophene rings is 1. The Kier molecular flexibility index (Phi) is 4.80. The van der Waals surface area contributed by atoms with Gasteiger partial charge in [-0.15, -0.1) is 11.3 Å². The van der Waals surface area contributed by atoms with Gasteiger partial charge in [-0.2, -0.15) is 0 Å². The Morgan fingerprint density at radius 3 is 2.38 bits per heavy atom. The number of aromatic nitrogens is 4. The third kappa shape index (κ3) is 3.50. The lowest BCUT2D eigenvalue weighted by molar-refractivity contribution is 0.174. The van der Waals surface area contributed by atoms with E-state index in [1.165, 1.54) is 0 Å². The first-order chi connectivity index (χ1) is 15.8. The van der Waals surface area contributed by atoms with E-state index in [-0.39, 0.29) is 6.79 Å². The fourth-order valence-corrected chi connectivity index (χ4v) is 4.69. The molecule has 4 aromatic rings. The molecule has 0 unspecified atom stereocenters. The van der Waals surface area contributed by atoms with E-state index < -0.39 is 0 Å². The minimum atomic E-state index is 0.256. The summed E-state index contributed by atoms with van der Waals surface area (Å²) >= 11 is 1.67. The summed E-state index contributed by atoms with van der Waals surface area (Å²) in [5, 5.41) is 2.07. The smallest absolute Gasteiger partial charge is 0.231 e. The Morgan fingerprint density at radius 1 is 0.812 bits per heavy atom. The highest BCUT2D eigenvalue weighted by Crippen LogP contribution is 2.39. The fraction of sp³-hybridized carbons (Fsp3) is 0.217. The molecule has 8 nitrogen and oxygen atoms in total.